The van der Waals surface area contributed by atoms with Gasteiger partial charge in [0.15, 0.2) is 0 Å². The second-order valence-electron chi connectivity index (χ2n) is 4.95. The fraction of sp³-hybridized carbons (Fsp3) is 0.600. The van der Waals surface area contributed by atoms with E-state index in [9.17, 15) is 4.79 Å². The van der Waals surface area contributed by atoms with Crippen molar-refractivity contribution in [3.05, 3.63) is 24.0 Å². The highest BCUT2D eigenvalue weighted by Crippen LogP contribution is 2.16. The Bertz CT molecular complexity index is 420. The predicted octanol–water partition coefficient (Wildman–Crippen LogP) is 4.15. The predicted molar refractivity (Wildman–Crippen MR) is 93.2 cm³/mol. The largest absolute Gasteiger partial charge is 0.444 e. The normalized spacial score (nSPS) is 10.4. The van der Waals surface area contributed by atoms with Crippen molar-refractivity contribution in [3.63, 3.8) is 0 Å². The Kier molecular flexibility index (Phi) is 10.3. The Morgan fingerprint density at radius 2 is 2.10 bits per heavy atom. The lowest BCUT2D eigenvalue weighted by Crippen LogP contribution is -2.33. The summed E-state index contributed by atoms with van der Waals surface area (Å²) in [5.74, 6) is 1.60. The molecule has 0 bridgehead atoms. The van der Waals surface area contributed by atoms with Gasteiger partial charge in [-0.05, 0) is 32.9 Å². The summed E-state index contributed by atoms with van der Waals surface area (Å²) >= 11 is 6.04. The summed E-state index contributed by atoms with van der Waals surface area (Å²) in [5.41, 5.74) is 0.514. The molecule has 0 spiro atoms. The molecule has 0 atom stereocenters. The summed E-state index contributed by atoms with van der Waals surface area (Å²) in [5, 5.41) is 2.72. The highest BCUT2D eigenvalue weighted by Gasteiger charge is 2.15. The molecule has 0 aliphatic rings. The number of carbonyl (C=O) groups excluding carboxylic acids is 1. The number of nitrogens with one attached hydrogen (secondary N) is 1. The molecule has 1 N–H and O–H groups in total. The molecule has 0 aliphatic heterocycles. The van der Waals surface area contributed by atoms with E-state index >= 15 is 0 Å². The lowest BCUT2D eigenvalue weighted by atomic mass is 10.2. The third-order valence-electron chi connectivity index (χ3n) is 2.02. The molecule has 0 saturated heterocycles. The number of aromatic nitrogens is 1. The van der Waals surface area contributed by atoms with Crippen LogP contribution >= 0.6 is 24.4 Å². The molecule has 1 heterocycles. The maximum absolute atomic E-state index is 11.4. The van der Waals surface area contributed by atoms with E-state index in [0.717, 1.165) is 22.1 Å². The van der Waals surface area contributed by atoms with Crippen LogP contribution in [-0.4, -0.2) is 29.0 Å². The van der Waals surface area contributed by atoms with Gasteiger partial charge in [-0.15, -0.1) is 12.6 Å². The molecule has 4 nitrogen and oxygen atoms in total. The summed E-state index contributed by atoms with van der Waals surface area (Å²) in [6.45, 7) is 10.1. The van der Waals surface area contributed by atoms with E-state index < -0.39 is 5.60 Å². The van der Waals surface area contributed by atoms with Gasteiger partial charge in [-0.3, -0.25) is 4.98 Å². The maximum atomic E-state index is 11.4. The van der Waals surface area contributed by atoms with Gasteiger partial charge < -0.3 is 10.1 Å². The lowest BCUT2D eigenvalue weighted by Gasteiger charge is -2.19. The molecule has 1 rings (SSSR count). The Morgan fingerprint density at radius 1 is 1.43 bits per heavy atom. The van der Waals surface area contributed by atoms with Gasteiger partial charge in [0.2, 0.25) is 0 Å². The molecular formula is C15H26N2O2S2. The first-order chi connectivity index (χ1) is 9.88. The van der Waals surface area contributed by atoms with Gasteiger partial charge in [0.1, 0.15) is 5.60 Å². The SMILES string of the molecule is CC.CC(C)(C)OC(=O)NCCSCc1ncccc1S. The van der Waals surface area contributed by atoms with Gasteiger partial charge in [-0.25, -0.2) is 4.79 Å². The van der Waals surface area contributed by atoms with Gasteiger partial charge in [-0.2, -0.15) is 11.8 Å². The quantitative estimate of drug-likeness (QED) is 0.629. The zero-order valence-corrected chi connectivity index (χ0v) is 15.2. The molecule has 1 aromatic rings. The summed E-state index contributed by atoms with van der Waals surface area (Å²) in [6, 6.07) is 3.78. The third-order valence-corrected chi connectivity index (χ3v) is 3.40. The average Bonchev–Trinajstić information content (AvgIpc) is 2.40. The van der Waals surface area contributed by atoms with Crippen molar-refractivity contribution < 1.29 is 9.53 Å². The molecule has 6 heteroatoms. The Morgan fingerprint density at radius 3 is 2.67 bits per heavy atom. The summed E-state index contributed by atoms with van der Waals surface area (Å²) < 4.78 is 5.14. The van der Waals surface area contributed by atoms with Crippen molar-refractivity contribution in [1.82, 2.24) is 10.3 Å². The first kappa shape index (κ1) is 20.1. The number of carbonyl (C=O) groups is 1. The van der Waals surface area contributed by atoms with Crippen LogP contribution in [0.2, 0.25) is 0 Å². The van der Waals surface area contributed by atoms with Crippen LogP contribution in [0.3, 0.4) is 0 Å². The van der Waals surface area contributed by atoms with Gasteiger partial charge in [0.05, 0.1) is 5.69 Å². The Balaban J connectivity index is 0.00000191. The fourth-order valence-electron chi connectivity index (χ4n) is 1.25. The molecule has 0 aromatic carbocycles. The topological polar surface area (TPSA) is 51.2 Å². The minimum atomic E-state index is -0.452. The van der Waals surface area contributed by atoms with Crippen LogP contribution in [0, 0.1) is 0 Å². The van der Waals surface area contributed by atoms with Crippen LogP contribution in [0.15, 0.2) is 23.2 Å². The highest BCUT2D eigenvalue weighted by atomic mass is 32.2. The molecule has 1 amide bonds. The van der Waals surface area contributed by atoms with Crippen molar-refractivity contribution in [2.75, 3.05) is 12.3 Å². The molecule has 0 saturated carbocycles. The Labute approximate surface area is 137 Å². The number of amides is 1. The van der Waals surface area contributed by atoms with Crippen molar-refractivity contribution in [1.29, 1.82) is 0 Å². The number of alkyl carbamates (subject to hydrolysis) is 1. The number of thiol groups is 1. The molecule has 1 aromatic heterocycles. The minimum Gasteiger partial charge on any atom is -0.444 e. The zero-order chi connectivity index (χ0) is 16.3. The molecule has 21 heavy (non-hydrogen) atoms. The zero-order valence-electron chi connectivity index (χ0n) is 13.5. The third kappa shape index (κ3) is 10.5. The maximum Gasteiger partial charge on any atom is 0.407 e. The first-order valence-corrected chi connectivity index (χ1v) is 8.66. The van der Waals surface area contributed by atoms with E-state index in [0.29, 0.717) is 6.54 Å². The standard InChI is InChI=1S/C13H20N2O2S2.C2H6/c1-13(2,3)17-12(16)15-7-8-19-9-10-11(18)5-4-6-14-10;1-2/h4-6,18H,7-9H2,1-3H3,(H,15,16);1-2H3. The van der Waals surface area contributed by atoms with Crippen molar-refractivity contribution in [2.45, 2.75) is 50.9 Å². The summed E-state index contributed by atoms with van der Waals surface area (Å²) in [7, 11) is 0. The number of thioether (sulfide) groups is 1. The van der Waals surface area contributed by atoms with E-state index in [1.54, 1.807) is 18.0 Å². The molecule has 0 fully saturated rings. The first-order valence-electron chi connectivity index (χ1n) is 7.06. The van der Waals surface area contributed by atoms with Gasteiger partial charge in [0, 0.05) is 29.1 Å². The Hall–Kier alpha value is -0.880. The van der Waals surface area contributed by atoms with Crippen molar-refractivity contribution in [2.24, 2.45) is 0 Å². The van der Waals surface area contributed by atoms with Crippen LogP contribution in [0.1, 0.15) is 40.3 Å². The van der Waals surface area contributed by atoms with Crippen LogP contribution < -0.4 is 5.32 Å². The average molecular weight is 331 g/mol. The van der Waals surface area contributed by atoms with Crippen LogP contribution in [0.4, 0.5) is 4.79 Å². The molecule has 0 aliphatic carbocycles. The smallest absolute Gasteiger partial charge is 0.407 e. The number of rotatable bonds is 5. The van der Waals surface area contributed by atoms with Crippen molar-refractivity contribution in [3.8, 4) is 0 Å². The lowest BCUT2D eigenvalue weighted by molar-refractivity contribution is 0.0531. The monoisotopic (exact) mass is 330 g/mol. The molecule has 120 valence electrons. The van der Waals surface area contributed by atoms with Crippen LogP contribution in [0.5, 0.6) is 0 Å². The minimum absolute atomic E-state index is 0.374. The molecule has 0 unspecified atom stereocenters. The highest BCUT2D eigenvalue weighted by molar-refractivity contribution is 7.98. The van der Waals surface area contributed by atoms with Gasteiger partial charge >= 0.3 is 6.09 Å². The second kappa shape index (κ2) is 10.8. The second-order valence-corrected chi connectivity index (χ2v) is 6.54. The van der Waals surface area contributed by atoms with E-state index in [4.69, 9.17) is 4.74 Å². The van der Waals surface area contributed by atoms with E-state index in [1.807, 2.05) is 46.8 Å². The van der Waals surface area contributed by atoms with Gasteiger partial charge in [0.25, 0.3) is 0 Å². The summed E-state index contributed by atoms with van der Waals surface area (Å²) in [4.78, 5) is 16.5. The van der Waals surface area contributed by atoms with Gasteiger partial charge in [-0.1, -0.05) is 13.8 Å². The number of hydrogen-bond donors (Lipinski definition) is 2. The van der Waals surface area contributed by atoms with Crippen molar-refractivity contribution >= 4 is 30.5 Å². The summed E-state index contributed by atoms with van der Waals surface area (Å²) in [6.07, 6.45) is 1.38. The van der Waals surface area contributed by atoms with Crippen LogP contribution in [0.25, 0.3) is 0 Å². The van der Waals surface area contributed by atoms with E-state index in [2.05, 4.69) is 22.9 Å². The van der Waals surface area contributed by atoms with E-state index in [1.165, 1.54) is 0 Å². The number of nitrogens with zero attached hydrogens (tertiary/aromatic N) is 1. The number of hydrogen-bond acceptors (Lipinski definition) is 5. The molecule has 0 radical (unpaired) electrons. The van der Waals surface area contributed by atoms with E-state index in [-0.39, 0.29) is 6.09 Å². The van der Waals surface area contributed by atoms with Crippen LogP contribution in [-0.2, 0) is 10.5 Å². The number of ether oxygens (including phenoxy) is 1. The number of pyridine rings is 1. The molecular weight excluding hydrogens is 304 g/mol. The fourth-order valence-corrected chi connectivity index (χ4v) is 2.39.